The van der Waals surface area contributed by atoms with Crippen LogP contribution < -0.4 is 0 Å². The molecule has 2 aliphatic heterocycles. The molecule has 0 unspecified atom stereocenters. The van der Waals surface area contributed by atoms with Crippen molar-refractivity contribution in [2.24, 2.45) is 0 Å². The highest BCUT2D eigenvalue weighted by Crippen LogP contribution is 2.29. The molecule has 0 bridgehead atoms. The molecule has 0 amide bonds. The summed E-state index contributed by atoms with van der Waals surface area (Å²) >= 11 is 0. The van der Waals surface area contributed by atoms with Crippen LogP contribution in [-0.2, 0) is 18.9 Å². The Labute approximate surface area is 149 Å². The Kier molecular flexibility index (Phi) is 7.88. The molecule has 26 heavy (non-hydrogen) atoms. The highest BCUT2D eigenvalue weighted by atomic mass is 16.7. The summed E-state index contributed by atoms with van der Waals surface area (Å²) in [7, 11) is 0. The second kappa shape index (κ2) is 9.48. The van der Waals surface area contributed by atoms with Crippen LogP contribution in [0, 0.1) is 0 Å². The molecule has 7 N–H and O–H groups in total. The monoisotopic (exact) mass is 382 g/mol. The first kappa shape index (κ1) is 21.6. The van der Waals surface area contributed by atoms with Gasteiger partial charge < -0.3 is 54.7 Å². The lowest BCUT2D eigenvalue weighted by Gasteiger charge is -2.45. The lowest BCUT2D eigenvalue weighted by Crippen LogP contribution is -2.64. The zero-order valence-electron chi connectivity index (χ0n) is 13.9. The second-order valence-corrected chi connectivity index (χ2v) is 6.13. The van der Waals surface area contributed by atoms with E-state index in [0.29, 0.717) is 0 Å². The van der Waals surface area contributed by atoms with Crippen LogP contribution >= 0.6 is 0 Å². The first-order chi connectivity index (χ1) is 12.3. The van der Waals surface area contributed by atoms with Crippen molar-refractivity contribution < 1.29 is 54.7 Å². The second-order valence-electron chi connectivity index (χ2n) is 6.13. The number of aliphatic hydroxyl groups excluding tert-OH is 7. The summed E-state index contributed by atoms with van der Waals surface area (Å²) < 4.78 is 21.1. The standard InChI is InChI=1S/C15H26O11/c1-2-3-23-14-12(22)13(9(19)7(5-17)24-14)26-15-11(21)10(20)8(18)6(4-16)25-15/h2,6-22H,1,3-5H2/t6-,7-,8+,9-,10+,11-,12-,13+,14+,15+/m1/s1. The predicted molar refractivity (Wildman–Crippen MR) is 82.5 cm³/mol. The summed E-state index contributed by atoms with van der Waals surface area (Å²) in [6.45, 7) is 2.22. The van der Waals surface area contributed by atoms with Gasteiger partial charge in [-0.2, -0.15) is 0 Å². The van der Waals surface area contributed by atoms with Crippen molar-refractivity contribution >= 4 is 0 Å². The van der Waals surface area contributed by atoms with Gasteiger partial charge in [0.05, 0.1) is 19.8 Å². The molecule has 11 heteroatoms. The lowest BCUT2D eigenvalue weighted by atomic mass is 9.97. The first-order valence-corrected chi connectivity index (χ1v) is 8.16. The first-order valence-electron chi connectivity index (χ1n) is 8.16. The summed E-state index contributed by atoms with van der Waals surface area (Å²) in [6.07, 6.45) is -13.2. The molecule has 11 nitrogen and oxygen atoms in total. The molecule has 2 heterocycles. The molecule has 2 rings (SSSR count). The fourth-order valence-corrected chi connectivity index (χ4v) is 2.85. The summed E-state index contributed by atoms with van der Waals surface area (Å²) in [5, 5.41) is 68.7. The van der Waals surface area contributed by atoms with Crippen molar-refractivity contribution in [3.63, 3.8) is 0 Å². The zero-order chi connectivity index (χ0) is 19.4. The van der Waals surface area contributed by atoms with Crippen LogP contribution in [-0.4, -0.2) is 117 Å². The molecule has 0 spiro atoms. The molecule has 0 saturated carbocycles. The summed E-state index contributed by atoms with van der Waals surface area (Å²) in [5.41, 5.74) is 0. The minimum Gasteiger partial charge on any atom is -0.394 e. The van der Waals surface area contributed by atoms with E-state index >= 15 is 0 Å². The highest BCUT2D eigenvalue weighted by Gasteiger charge is 2.50. The largest absolute Gasteiger partial charge is 0.394 e. The molecule has 0 aromatic carbocycles. The van der Waals surface area contributed by atoms with Crippen LogP contribution in [0.3, 0.4) is 0 Å². The summed E-state index contributed by atoms with van der Waals surface area (Å²) in [5.74, 6) is 0. The van der Waals surface area contributed by atoms with Gasteiger partial charge >= 0.3 is 0 Å². The zero-order valence-corrected chi connectivity index (χ0v) is 13.9. The number of ether oxygens (including phenoxy) is 4. The van der Waals surface area contributed by atoms with E-state index in [2.05, 4.69) is 6.58 Å². The van der Waals surface area contributed by atoms with Crippen molar-refractivity contribution in [3.05, 3.63) is 12.7 Å². The molecule has 152 valence electrons. The van der Waals surface area contributed by atoms with Gasteiger partial charge in [-0.05, 0) is 0 Å². The fourth-order valence-electron chi connectivity index (χ4n) is 2.85. The average molecular weight is 382 g/mol. The van der Waals surface area contributed by atoms with E-state index < -0.39 is 74.6 Å². The van der Waals surface area contributed by atoms with Gasteiger partial charge in [0.15, 0.2) is 12.6 Å². The number of hydrogen-bond acceptors (Lipinski definition) is 11. The number of rotatable bonds is 7. The third-order valence-corrected chi connectivity index (χ3v) is 4.34. The SMILES string of the molecule is C=CCO[C@H]1O[C@H](CO)[C@@H](O)[C@H](O[C@@H]2O[C@H](CO)[C@H](O)[C@H](O)[C@H]2O)[C@H]1O. The summed E-state index contributed by atoms with van der Waals surface area (Å²) in [4.78, 5) is 0. The van der Waals surface area contributed by atoms with Crippen LogP contribution in [0.2, 0.25) is 0 Å². The van der Waals surface area contributed by atoms with Gasteiger partial charge in [0, 0.05) is 0 Å². The maximum absolute atomic E-state index is 10.3. The molecule has 2 saturated heterocycles. The lowest BCUT2D eigenvalue weighted by molar-refractivity contribution is -0.359. The van der Waals surface area contributed by atoms with Crippen molar-refractivity contribution in [1.29, 1.82) is 0 Å². The molecule has 10 atom stereocenters. The normalized spacial score (nSPS) is 46.9. The average Bonchev–Trinajstić information content (AvgIpc) is 2.64. The molecule has 0 aliphatic carbocycles. The Morgan fingerprint density at radius 2 is 1.35 bits per heavy atom. The fraction of sp³-hybridized carbons (Fsp3) is 0.867. The van der Waals surface area contributed by atoms with Gasteiger partial charge in [0.1, 0.15) is 48.8 Å². The molecule has 0 aromatic rings. The van der Waals surface area contributed by atoms with E-state index in [0.717, 1.165) is 0 Å². The quantitative estimate of drug-likeness (QED) is 0.212. The Morgan fingerprint density at radius 1 is 0.769 bits per heavy atom. The number of hydrogen-bond donors (Lipinski definition) is 7. The van der Waals surface area contributed by atoms with E-state index in [4.69, 9.17) is 18.9 Å². The van der Waals surface area contributed by atoms with Crippen molar-refractivity contribution in [2.45, 2.75) is 61.4 Å². The van der Waals surface area contributed by atoms with Crippen LogP contribution in [0.4, 0.5) is 0 Å². The van der Waals surface area contributed by atoms with E-state index in [1.807, 2.05) is 0 Å². The van der Waals surface area contributed by atoms with E-state index in [1.165, 1.54) is 6.08 Å². The van der Waals surface area contributed by atoms with E-state index in [-0.39, 0.29) is 6.61 Å². The Balaban J connectivity index is 2.14. The van der Waals surface area contributed by atoms with E-state index in [9.17, 15) is 35.7 Å². The predicted octanol–water partition coefficient (Wildman–Crippen LogP) is -4.19. The topological polar surface area (TPSA) is 179 Å². The minimum absolute atomic E-state index is 0.0166. The molecule has 0 aromatic heterocycles. The van der Waals surface area contributed by atoms with Gasteiger partial charge in [0.25, 0.3) is 0 Å². The van der Waals surface area contributed by atoms with E-state index in [1.54, 1.807) is 0 Å². The Bertz CT molecular complexity index is 447. The maximum atomic E-state index is 10.3. The third-order valence-electron chi connectivity index (χ3n) is 4.34. The molecular weight excluding hydrogens is 356 g/mol. The van der Waals surface area contributed by atoms with Crippen LogP contribution in [0.5, 0.6) is 0 Å². The van der Waals surface area contributed by atoms with Crippen molar-refractivity contribution in [2.75, 3.05) is 19.8 Å². The van der Waals surface area contributed by atoms with Crippen LogP contribution in [0.25, 0.3) is 0 Å². The van der Waals surface area contributed by atoms with Gasteiger partial charge in [-0.3, -0.25) is 0 Å². The molecule has 0 radical (unpaired) electrons. The molecule has 2 aliphatic rings. The maximum Gasteiger partial charge on any atom is 0.187 e. The Hall–Kier alpha value is -0.700. The number of aliphatic hydroxyl groups is 7. The molecular formula is C15H26O11. The van der Waals surface area contributed by atoms with Gasteiger partial charge in [0.2, 0.25) is 0 Å². The van der Waals surface area contributed by atoms with Gasteiger partial charge in [-0.1, -0.05) is 6.08 Å². The molecule has 2 fully saturated rings. The van der Waals surface area contributed by atoms with Gasteiger partial charge in [-0.25, -0.2) is 0 Å². The van der Waals surface area contributed by atoms with Crippen molar-refractivity contribution in [3.8, 4) is 0 Å². The highest BCUT2D eigenvalue weighted by molar-refractivity contribution is 4.94. The summed E-state index contributed by atoms with van der Waals surface area (Å²) in [6, 6.07) is 0. The Morgan fingerprint density at radius 3 is 1.92 bits per heavy atom. The van der Waals surface area contributed by atoms with Crippen LogP contribution in [0.15, 0.2) is 12.7 Å². The van der Waals surface area contributed by atoms with Gasteiger partial charge in [-0.15, -0.1) is 6.58 Å². The van der Waals surface area contributed by atoms with Crippen LogP contribution in [0.1, 0.15) is 0 Å². The smallest absolute Gasteiger partial charge is 0.187 e. The third kappa shape index (κ3) is 4.40. The minimum atomic E-state index is -1.71. The van der Waals surface area contributed by atoms with Crippen molar-refractivity contribution in [1.82, 2.24) is 0 Å².